The number of nitrogens with zero attached hydrogens (tertiary/aromatic N) is 3. The minimum absolute atomic E-state index is 0. The molecule has 25 heavy (non-hydrogen) atoms. The van der Waals surface area contributed by atoms with E-state index in [-0.39, 0.29) is 18.3 Å². The number of hydrogen-bond donors (Lipinski definition) is 1. The second kappa shape index (κ2) is 9.59. The SMILES string of the molecule is CNCC1CCCN(C(=O)CCc2cnn(-c3ccccc3)c2)C1.Cl. The normalized spacial score (nSPS) is 17.2. The zero-order chi connectivity index (χ0) is 16.8. The first kappa shape index (κ1) is 19.5. The van der Waals surface area contributed by atoms with Crippen LogP contribution in [0.1, 0.15) is 24.8 Å². The van der Waals surface area contributed by atoms with Crippen LogP contribution in [0.2, 0.25) is 0 Å². The summed E-state index contributed by atoms with van der Waals surface area (Å²) in [6.07, 6.45) is 7.52. The Morgan fingerprint density at radius 3 is 2.88 bits per heavy atom. The van der Waals surface area contributed by atoms with Gasteiger partial charge in [-0.3, -0.25) is 4.79 Å². The molecular weight excluding hydrogens is 336 g/mol. The van der Waals surface area contributed by atoms with E-state index >= 15 is 0 Å². The molecule has 1 atom stereocenters. The van der Waals surface area contributed by atoms with Gasteiger partial charge in [0.05, 0.1) is 11.9 Å². The van der Waals surface area contributed by atoms with E-state index in [1.54, 1.807) is 0 Å². The number of aromatic nitrogens is 2. The van der Waals surface area contributed by atoms with Crippen molar-refractivity contribution in [1.82, 2.24) is 20.0 Å². The molecule has 1 aromatic carbocycles. The summed E-state index contributed by atoms with van der Waals surface area (Å²) in [6.45, 7) is 2.79. The molecule has 1 aromatic heterocycles. The van der Waals surface area contributed by atoms with E-state index in [9.17, 15) is 4.79 Å². The quantitative estimate of drug-likeness (QED) is 0.859. The molecule has 1 saturated heterocycles. The largest absolute Gasteiger partial charge is 0.342 e. The van der Waals surface area contributed by atoms with Crippen molar-refractivity contribution in [2.45, 2.75) is 25.7 Å². The molecule has 2 aromatic rings. The fraction of sp³-hybridized carbons (Fsp3) is 0.474. The zero-order valence-electron chi connectivity index (χ0n) is 14.7. The fourth-order valence-electron chi connectivity index (χ4n) is 3.37. The van der Waals surface area contributed by atoms with E-state index in [0.29, 0.717) is 12.3 Å². The molecule has 1 unspecified atom stereocenters. The van der Waals surface area contributed by atoms with Crippen molar-refractivity contribution in [2.75, 3.05) is 26.7 Å². The lowest BCUT2D eigenvalue weighted by Gasteiger charge is -2.32. The molecule has 0 spiro atoms. The molecule has 3 rings (SSSR count). The van der Waals surface area contributed by atoms with Crippen molar-refractivity contribution in [3.8, 4) is 5.69 Å². The van der Waals surface area contributed by atoms with E-state index in [0.717, 1.165) is 43.7 Å². The van der Waals surface area contributed by atoms with Crippen LogP contribution in [0.25, 0.3) is 5.69 Å². The zero-order valence-corrected chi connectivity index (χ0v) is 15.5. The maximum absolute atomic E-state index is 12.5. The number of rotatable bonds is 6. The van der Waals surface area contributed by atoms with Crippen molar-refractivity contribution in [3.05, 3.63) is 48.3 Å². The fourth-order valence-corrected chi connectivity index (χ4v) is 3.37. The topological polar surface area (TPSA) is 50.2 Å². The number of halogens is 1. The summed E-state index contributed by atoms with van der Waals surface area (Å²) in [7, 11) is 1.98. The highest BCUT2D eigenvalue weighted by Crippen LogP contribution is 2.17. The van der Waals surface area contributed by atoms with Crippen LogP contribution in [0.5, 0.6) is 0 Å². The Bertz CT molecular complexity index is 656. The molecule has 0 bridgehead atoms. The van der Waals surface area contributed by atoms with Gasteiger partial charge < -0.3 is 10.2 Å². The van der Waals surface area contributed by atoms with Gasteiger partial charge in [0.15, 0.2) is 0 Å². The first-order chi connectivity index (χ1) is 11.8. The molecule has 2 heterocycles. The van der Waals surface area contributed by atoms with Crippen LogP contribution >= 0.6 is 12.4 Å². The summed E-state index contributed by atoms with van der Waals surface area (Å²) in [5.41, 5.74) is 2.15. The predicted molar refractivity (Wildman–Crippen MR) is 102 cm³/mol. The maximum atomic E-state index is 12.5. The lowest BCUT2D eigenvalue weighted by molar-refractivity contribution is -0.132. The third-order valence-corrected chi connectivity index (χ3v) is 4.65. The van der Waals surface area contributed by atoms with Crippen molar-refractivity contribution >= 4 is 18.3 Å². The smallest absolute Gasteiger partial charge is 0.222 e. The molecule has 6 heteroatoms. The van der Waals surface area contributed by atoms with E-state index in [1.165, 1.54) is 6.42 Å². The van der Waals surface area contributed by atoms with Gasteiger partial charge in [0.25, 0.3) is 0 Å². The molecule has 1 aliphatic rings. The number of likely N-dealkylation sites (tertiary alicyclic amines) is 1. The van der Waals surface area contributed by atoms with Crippen molar-refractivity contribution in [2.24, 2.45) is 5.92 Å². The summed E-state index contributed by atoms with van der Waals surface area (Å²) < 4.78 is 1.86. The van der Waals surface area contributed by atoms with Gasteiger partial charge in [0.1, 0.15) is 0 Å². The number of aryl methyl sites for hydroxylation is 1. The van der Waals surface area contributed by atoms with Crippen molar-refractivity contribution in [1.29, 1.82) is 0 Å². The van der Waals surface area contributed by atoms with Gasteiger partial charge in [-0.15, -0.1) is 12.4 Å². The van der Waals surface area contributed by atoms with Gasteiger partial charge in [-0.05, 0) is 56.5 Å². The first-order valence-electron chi connectivity index (χ1n) is 8.77. The summed E-state index contributed by atoms with van der Waals surface area (Å²) in [4.78, 5) is 14.5. The standard InChI is InChI=1S/C19H26N4O.ClH/c1-20-12-16-6-5-11-22(14-16)19(24)10-9-17-13-21-23(15-17)18-7-3-2-4-8-18;/h2-4,7-8,13,15-16,20H,5-6,9-12,14H2,1H3;1H. The monoisotopic (exact) mass is 362 g/mol. The molecule has 0 radical (unpaired) electrons. The molecule has 5 nitrogen and oxygen atoms in total. The van der Waals surface area contributed by atoms with Crippen LogP contribution in [0.3, 0.4) is 0 Å². The number of hydrogen-bond acceptors (Lipinski definition) is 3. The lowest BCUT2D eigenvalue weighted by Crippen LogP contribution is -2.42. The number of amides is 1. The van der Waals surface area contributed by atoms with E-state index in [4.69, 9.17) is 0 Å². The number of carbonyl (C=O) groups is 1. The first-order valence-corrected chi connectivity index (χ1v) is 8.77. The van der Waals surface area contributed by atoms with Crippen molar-refractivity contribution in [3.63, 3.8) is 0 Å². The lowest BCUT2D eigenvalue weighted by atomic mass is 9.97. The molecule has 136 valence electrons. The number of carbonyl (C=O) groups excluding carboxylic acids is 1. The van der Waals surface area contributed by atoms with Gasteiger partial charge >= 0.3 is 0 Å². The van der Waals surface area contributed by atoms with Crippen LogP contribution in [0, 0.1) is 5.92 Å². The average Bonchev–Trinajstić information content (AvgIpc) is 3.10. The van der Waals surface area contributed by atoms with Crippen molar-refractivity contribution < 1.29 is 4.79 Å². The van der Waals surface area contributed by atoms with Crippen LogP contribution < -0.4 is 5.32 Å². The second-order valence-electron chi connectivity index (χ2n) is 6.53. The average molecular weight is 363 g/mol. The van der Waals surface area contributed by atoms with Gasteiger partial charge in [-0.25, -0.2) is 4.68 Å². The molecule has 1 N–H and O–H groups in total. The third-order valence-electron chi connectivity index (χ3n) is 4.65. The van der Waals surface area contributed by atoms with Crippen LogP contribution in [0.4, 0.5) is 0 Å². The van der Waals surface area contributed by atoms with E-state index in [2.05, 4.69) is 10.4 Å². The van der Waals surface area contributed by atoms with Gasteiger partial charge in [0.2, 0.25) is 5.91 Å². The van der Waals surface area contributed by atoms with E-state index in [1.807, 2.05) is 59.4 Å². The van der Waals surface area contributed by atoms with Gasteiger partial charge in [-0.2, -0.15) is 5.10 Å². The minimum Gasteiger partial charge on any atom is -0.342 e. The number of benzene rings is 1. The Labute approximate surface area is 155 Å². The molecule has 1 amide bonds. The minimum atomic E-state index is 0. The second-order valence-corrected chi connectivity index (χ2v) is 6.53. The number of piperidine rings is 1. The molecule has 1 aliphatic heterocycles. The van der Waals surface area contributed by atoms with Gasteiger partial charge in [-0.1, -0.05) is 18.2 Å². The highest BCUT2D eigenvalue weighted by molar-refractivity contribution is 5.85. The summed E-state index contributed by atoms with van der Waals surface area (Å²) >= 11 is 0. The Hall–Kier alpha value is -1.85. The maximum Gasteiger partial charge on any atom is 0.222 e. The summed E-state index contributed by atoms with van der Waals surface area (Å²) in [5.74, 6) is 0.858. The predicted octanol–water partition coefficient (Wildman–Crippen LogP) is 2.68. The Balaban J connectivity index is 0.00000225. The highest BCUT2D eigenvalue weighted by Gasteiger charge is 2.22. The Morgan fingerprint density at radius 2 is 2.12 bits per heavy atom. The number of para-hydroxylation sites is 1. The molecular formula is C19H27ClN4O. The van der Waals surface area contributed by atoms with Gasteiger partial charge in [0, 0.05) is 25.7 Å². The molecule has 0 saturated carbocycles. The Kier molecular flexibility index (Phi) is 7.47. The van der Waals surface area contributed by atoms with Crippen LogP contribution in [0.15, 0.2) is 42.7 Å². The number of nitrogens with one attached hydrogen (secondary N) is 1. The summed E-state index contributed by atoms with van der Waals surface area (Å²) in [5, 5.41) is 7.62. The molecule has 1 fully saturated rings. The van der Waals surface area contributed by atoms with Crippen LogP contribution in [-0.2, 0) is 11.2 Å². The Morgan fingerprint density at radius 1 is 1.32 bits per heavy atom. The van der Waals surface area contributed by atoms with Crippen LogP contribution in [-0.4, -0.2) is 47.3 Å². The third kappa shape index (κ3) is 5.31. The molecule has 0 aliphatic carbocycles. The summed E-state index contributed by atoms with van der Waals surface area (Å²) in [6, 6.07) is 10.0. The van der Waals surface area contributed by atoms with E-state index < -0.39 is 0 Å². The highest BCUT2D eigenvalue weighted by atomic mass is 35.5.